The first kappa shape index (κ1) is 30.1. The fraction of sp³-hybridized carbons (Fsp3) is 0.273. The molecule has 2 aliphatic rings. The molecule has 5 rings (SSSR count). The van der Waals surface area contributed by atoms with Gasteiger partial charge in [-0.3, -0.25) is 19.8 Å². The summed E-state index contributed by atoms with van der Waals surface area (Å²) in [5.74, 6) is -0.309. The van der Waals surface area contributed by atoms with Gasteiger partial charge >= 0.3 is 0 Å². The zero-order valence-electron chi connectivity index (χ0n) is 24.2. The molecular formula is C33H30Cl2N4O4. The summed E-state index contributed by atoms with van der Waals surface area (Å²) < 4.78 is 6.06. The van der Waals surface area contributed by atoms with Gasteiger partial charge in [0.05, 0.1) is 27.5 Å². The molecule has 0 radical (unpaired) electrons. The number of Topliss-reactive ketones (excluding diaryl/α,β-unsaturated/α-hetero) is 1. The molecule has 8 nitrogen and oxygen atoms in total. The number of benzene rings is 3. The number of hydrogen-bond donors (Lipinski definition) is 1. The molecule has 1 unspecified atom stereocenters. The highest BCUT2D eigenvalue weighted by Gasteiger charge is 2.46. The molecule has 0 bridgehead atoms. The van der Waals surface area contributed by atoms with Gasteiger partial charge in [-0.2, -0.15) is 5.26 Å². The van der Waals surface area contributed by atoms with E-state index in [-0.39, 0.29) is 46.6 Å². The molecule has 3 aromatic carbocycles. The Morgan fingerprint density at radius 1 is 1.14 bits per heavy atom. The van der Waals surface area contributed by atoms with Crippen molar-refractivity contribution in [3.8, 4) is 11.8 Å². The Hall–Kier alpha value is -4.32. The number of allylic oxidation sites excluding steroid dienone is 3. The maximum Gasteiger partial charge on any atom is 0.294 e. The Morgan fingerprint density at radius 2 is 1.86 bits per heavy atom. The quantitative estimate of drug-likeness (QED) is 0.219. The van der Waals surface area contributed by atoms with Crippen molar-refractivity contribution in [3.63, 3.8) is 0 Å². The molecule has 3 aromatic rings. The van der Waals surface area contributed by atoms with E-state index in [1.54, 1.807) is 12.1 Å². The van der Waals surface area contributed by atoms with Gasteiger partial charge in [-0.15, -0.1) is 0 Å². The third kappa shape index (κ3) is 5.58. The molecule has 0 saturated heterocycles. The SMILES string of the molecule is Cc1cc(COc2ccccc2Cl)c(C)c(C2C(C#N)=C(N)N(c3ccc(Cl)cc3[N+](=O)[O-])C3=C2C(=O)CC(C)(C)C3)c1. The molecule has 1 aliphatic carbocycles. The second kappa shape index (κ2) is 11.4. The minimum Gasteiger partial charge on any atom is -0.487 e. The van der Waals surface area contributed by atoms with Crippen LogP contribution in [0.3, 0.4) is 0 Å². The maximum absolute atomic E-state index is 14.0. The number of aryl methyl sites for hydroxylation is 1. The molecule has 0 fully saturated rings. The number of nitrogens with zero attached hydrogens (tertiary/aromatic N) is 3. The lowest BCUT2D eigenvalue weighted by Crippen LogP contribution is -2.42. The Balaban J connectivity index is 1.72. The topological polar surface area (TPSA) is 122 Å². The highest BCUT2D eigenvalue weighted by Crippen LogP contribution is 2.52. The van der Waals surface area contributed by atoms with Crippen LogP contribution in [-0.2, 0) is 11.4 Å². The van der Waals surface area contributed by atoms with Crippen molar-refractivity contribution in [1.29, 1.82) is 5.26 Å². The molecule has 0 saturated carbocycles. The van der Waals surface area contributed by atoms with Gasteiger partial charge in [0.15, 0.2) is 5.78 Å². The lowest BCUT2D eigenvalue weighted by atomic mass is 9.68. The van der Waals surface area contributed by atoms with Crippen molar-refractivity contribution in [2.24, 2.45) is 11.1 Å². The van der Waals surface area contributed by atoms with Crippen molar-refractivity contribution >= 4 is 40.4 Å². The highest BCUT2D eigenvalue weighted by molar-refractivity contribution is 6.32. The van der Waals surface area contributed by atoms with E-state index in [4.69, 9.17) is 33.7 Å². The summed E-state index contributed by atoms with van der Waals surface area (Å²) in [7, 11) is 0. The third-order valence-corrected chi connectivity index (χ3v) is 8.53. The van der Waals surface area contributed by atoms with Crippen LogP contribution in [0.15, 0.2) is 77.3 Å². The normalized spacial score (nSPS) is 17.9. The lowest BCUT2D eigenvalue weighted by Gasteiger charge is -2.43. The summed E-state index contributed by atoms with van der Waals surface area (Å²) in [4.78, 5) is 27.1. The highest BCUT2D eigenvalue weighted by atomic mass is 35.5. The number of carbonyl (C=O) groups is 1. The number of hydrogen-bond acceptors (Lipinski definition) is 7. The lowest BCUT2D eigenvalue weighted by molar-refractivity contribution is -0.384. The molecular weight excluding hydrogens is 587 g/mol. The summed E-state index contributed by atoms with van der Waals surface area (Å²) in [6.45, 7) is 8.03. The molecule has 1 atom stereocenters. The average Bonchev–Trinajstić information content (AvgIpc) is 2.93. The maximum atomic E-state index is 14.0. The number of halogens is 2. The molecule has 1 aliphatic heterocycles. The van der Waals surface area contributed by atoms with Crippen LogP contribution < -0.4 is 15.4 Å². The predicted octanol–water partition coefficient (Wildman–Crippen LogP) is 8.04. The van der Waals surface area contributed by atoms with E-state index in [0.717, 1.165) is 22.3 Å². The van der Waals surface area contributed by atoms with Crippen molar-refractivity contribution in [2.75, 3.05) is 4.90 Å². The van der Waals surface area contributed by atoms with Crippen molar-refractivity contribution in [1.82, 2.24) is 0 Å². The van der Waals surface area contributed by atoms with Gasteiger partial charge in [-0.1, -0.05) is 66.9 Å². The number of nitro groups is 1. The molecule has 10 heteroatoms. The van der Waals surface area contributed by atoms with Crippen LogP contribution in [0, 0.1) is 40.7 Å². The van der Waals surface area contributed by atoms with Gasteiger partial charge in [-0.05, 0) is 66.6 Å². The van der Waals surface area contributed by atoms with Crippen LogP contribution in [-0.4, -0.2) is 10.7 Å². The first-order valence-corrected chi connectivity index (χ1v) is 14.5. The summed E-state index contributed by atoms with van der Waals surface area (Å²) in [5, 5.41) is 23.3. The molecule has 0 spiro atoms. The zero-order chi connectivity index (χ0) is 31.2. The van der Waals surface area contributed by atoms with Crippen LogP contribution in [0.4, 0.5) is 11.4 Å². The molecule has 2 N–H and O–H groups in total. The number of carbonyl (C=O) groups excluding carboxylic acids is 1. The Kier molecular flexibility index (Phi) is 7.99. The van der Waals surface area contributed by atoms with Crippen molar-refractivity contribution in [2.45, 2.75) is 53.1 Å². The monoisotopic (exact) mass is 616 g/mol. The van der Waals surface area contributed by atoms with E-state index in [0.29, 0.717) is 28.5 Å². The van der Waals surface area contributed by atoms with Crippen LogP contribution in [0.1, 0.15) is 54.9 Å². The predicted molar refractivity (Wildman–Crippen MR) is 167 cm³/mol. The summed E-state index contributed by atoms with van der Waals surface area (Å²) in [5.41, 5.74) is 10.7. The number of ether oxygens (including phenoxy) is 1. The number of anilines is 1. The standard InChI is InChI=1S/C33H30Cl2N4O4/c1-18-11-20(17-43-29-8-6-5-7-24(29)35)19(2)22(12-18)30-23(16-36)32(37)38(25-10-9-21(34)13-26(25)39(41)42)27-14-33(3,4)15-28(40)31(27)30/h5-13,30H,14-15,17,37H2,1-4H3. The van der Waals surface area contributed by atoms with Crippen LogP contribution in [0.5, 0.6) is 5.75 Å². The number of para-hydroxylation sites is 1. The second-order valence-corrected chi connectivity index (χ2v) is 12.6. The zero-order valence-corrected chi connectivity index (χ0v) is 25.7. The number of nitro benzene ring substituents is 1. The first-order valence-electron chi connectivity index (χ1n) is 13.7. The number of nitriles is 1. The van der Waals surface area contributed by atoms with E-state index in [2.05, 4.69) is 6.07 Å². The summed E-state index contributed by atoms with van der Waals surface area (Å²) in [6.07, 6.45) is 0.669. The largest absolute Gasteiger partial charge is 0.487 e. The smallest absolute Gasteiger partial charge is 0.294 e. The van der Waals surface area contributed by atoms with Gasteiger partial charge in [0.25, 0.3) is 5.69 Å². The first-order chi connectivity index (χ1) is 20.3. The minimum atomic E-state index is -0.759. The molecule has 43 heavy (non-hydrogen) atoms. The van der Waals surface area contributed by atoms with Crippen LogP contribution >= 0.6 is 23.2 Å². The van der Waals surface area contributed by atoms with Crippen molar-refractivity contribution < 1.29 is 14.5 Å². The summed E-state index contributed by atoms with van der Waals surface area (Å²) >= 11 is 12.4. The molecule has 0 amide bonds. The minimum absolute atomic E-state index is 0.0388. The van der Waals surface area contributed by atoms with Crippen LogP contribution in [0.2, 0.25) is 10.0 Å². The Bertz CT molecular complexity index is 1790. The number of nitrogens with two attached hydrogens (primary N) is 1. The fourth-order valence-corrected chi connectivity index (χ4v) is 6.41. The second-order valence-electron chi connectivity index (χ2n) is 11.7. The number of rotatable bonds is 6. The van der Waals surface area contributed by atoms with Gasteiger partial charge in [0.1, 0.15) is 23.9 Å². The van der Waals surface area contributed by atoms with Gasteiger partial charge in [0.2, 0.25) is 0 Å². The Labute approximate surface area is 260 Å². The molecule has 0 aromatic heterocycles. The molecule has 220 valence electrons. The number of ketones is 1. The van der Waals surface area contributed by atoms with Crippen molar-refractivity contribution in [3.05, 3.63) is 120 Å². The molecule has 1 heterocycles. The Morgan fingerprint density at radius 3 is 2.53 bits per heavy atom. The van der Waals surface area contributed by atoms with Gasteiger partial charge in [-0.25, -0.2) is 0 Å². The van der Waals surface area contributed by atoms with E-state index >= 15 is 0 Å². The van der Waals surface area contributed by atoms with E-state index in [1.807, 2.05) is 52.0 Å². The van der Waals surface area contributed by atoms with E-state index in [1.165, 1.54) is 23.1 Å². The van der Waals surface area contributed by atoms with Gasteiger partial charge in [0, 0.05) is 28.8 Å². The van der Waals surface area contributed by atoms with E-state index in [9.17, 15) is 20.2 Å². The van der Waals surface area contributed by atoms with E-state index < -0.39 is 16.3 Å². The summed E-state index contributed by atoms with van der Waals surface area (Å²) in [6, 6.07) is 17.7. The fourth-order valence-electron chi connectivity index (χ4n) is 6.06. The van der Waals surface area contributed by atoms with Crippen LogP contribution in [0.25, 0.3) is 0 Å². The van der Waals surface area contributed by atoms with Gasteiger partial charge < -0.3 is 10.5 Å². The third-order valence-electron chi connectivity index (χ3n) is 7.99. The average molecular weight is 618 g/mol.